The van der Waals surface area contributed by atoms with Crippen LogP contribution in [-0.4, -0.2) is 48.3 Å². The van der Waals surface area contributed by atoms with Crippen molar-refractivity contribution in [1.29, 1.82) is 0 Å². The summed E-state index contributed by atoms with van der Waals surface area (Å²) >= 11 is 0. The second-order valence-corrected chi connectivity index (χ2v) is 8.49. The Kier molecular flexibility index (Phi) is 6.53. The molecule has 0 amide bonds. The zero-order chi connectivity index (χ0) is 23.3. The van der Waals surface area contributed by atoms with Crippen molar-refractivity contribution in [3.63, 3.8) is 0 Å². The summed E-state index contributed by atoms with van der Waals surface area (Å²) in [5.41, 5.74) is 2.98. The van der Waals surface area contributed by atoms with Gasteiger partial charge in [0, 0.05) is 55.8 Å². The minimum atomic E-state index is 0.538. The zero-order valence-corrected chi connectivity index (χ0v) is 19.6. The molecule has 0 unspecified atom stereocenters. The van der Waals surface area contributed by atoms with Crippen LogP contribution >= 0.6 is 0 Å². The van der Waals surface area contributed by atoms with Crippen molar-refractivity contribution in [2.75, 3.05) is 32.2 Å². The van der Waals surface area contributed by atoms with Gasteiger partial charge in [0.05, 0.1) is 25.1 Å². The standard InChI is InChI=1S/C27H29N5O2/c1-33-22-14-24-23(25(15-22)34-2)18-30-27(31-24)20-8-9-26(29-17-20)32-12-10-21(11-13-32)28-16-19-6-4-3-5-7-19/h3-9,14-15,17-18,21,28H,10-13,16H2,1-2H3. The van der Waals surface area contributed by atoms with Crippen LogP contribution < -0.4 is 19.7 Å². The van der Waals surface area contributed by atoms with Crippen LogP contribution in [0.15, 0.2) is 67.0 Å². The van der Waals surface area contributed by atoms with E-state index in [1.807, 2.05) is 24.4 Å². The first kappa shape index (κ1) is 22.1. The highest BCUT2D eigenvalue weighted by Gasteiger charge is 2.20. The van der Waals surface area contributed by atoms with Crippen molar-refractivity contribution >= 4 is 16.7 Å². The summed E-state index contributed by atoms with van der Waals surface area (Å²) in [6.45, 7) is 2.90. The molecule has 7 nitrogen and oxygen atoms in total. The minimum absolute atomic E-state index is 0.538. The number of nitrogens with one attached hydrogen (secondary N) is 1. The average Bonchev–Trinajstić information content (AvgIpc) is 2.92. The number of pyridine rings is 1. The molecule has 0 atom stereocenters. The van der Waals surface area contributed by atoms with E-state index in [9.17, 15) is 0 Å². The molecule has 7 heteroatoms. The molecule has 1 fully saturated rings. The van der Waals surface area contributed by atoms with Crippen LogP contribution in [0.1, 0.15) is 18.4 Å². The summed E-state index contributed by atoms with van der Waals surface area (Å²) < 4.78 is 10.8. The Hall–Kier alpha value is -3.71. The quantitative estimate of drug-likeness (QED) is 0.441. The van der Waals surface area contributed by atoms with Crippen molar-refractivity contribution in [3.8, 4) is 22.9 Å². The zero-order valence-electron chi connectivity index (χ0n) is 19.6. The molecular formula is C27H29N5O2. The van der Waals surface area contributed by atoms with Gasteiger partial charge in [0.15, 0.2) is 5.82 Å². The molecule has 1 saturated heterocycles. The number of fused-ring (bicyclic) bond motifs is 1. The predicted octanol–water partition coefficient (Wildman–Crippen LogP) is 4.47. The molecule has 0 bridgehead atoms. The summed E-state index contributed by atoms with van der Waals surface area (Å²) in [5.74, 6) is 3.01. The Morgan fingerprint density at radius 3 is 2.47 bits per heavy atom. The summed E-state index contributed by atoms with van der Waals surface area (Å²) in [6.07, 6.45) is 5.85. The molecule has 3 heterocycles. The van der Waals surface area contributed by atoms with Crippen LogP contribution in [0.3, 0.4) is 0 Å². The van der Waals surface area contributed by atoms with Crippen LogP contribution in [0.2, 0.25) is 0 Å². The van der Waals surface area contributed by atoms with E-state index in [2.05, 4.69) is 51.6 Å². The van der Waals surface area contributed by atoms with Gasteiger partial charge >= 0.3 is 0 Å². The molecule has 0 saturated carbocycles. The number of benzene rings is 2. The van der Waals surface area contributed by atoms with E-state index in [-0.39, 0.29) is 0 Å². The highest BCUT2D eigenvalue weighted by atomic mass is 16.5. The van der Waals surface area contributed by atoms with E-state index in [0.717, 1.165) is 54.8 Å². The lowest BCUT2D eigenvalue weighted by molar-refractivity contribution is 0.397. The largest absolute Gasteiger partial charge is 0.497 e. The Morgan fingerprint density at radius 1 is 0.941 bits per heavy atom. The van der Waals surface area contributed by atoms with Crippen LogP contribution in [0, 0.1) is 0 Å². The fourth-order valence-corrected chi connectivity index (χ4v) is 4.38. The number of piperidine rings is 1. The minimum Gasteiger partial charge on any atom is -0.497 e. The van der Waals surface area contributed by atoms with Crippen molar-refractivity contribution in [2.45, 2.75) is 25.4 Å². The number of aromatic nitrogens is 3. The molecule has 0 spiro atoms. The van der Waals surface area contributed by atoms with Gasteiger partial charge in [0.25, 0.3) is 0 Å². The van der Waals surface area contributed by atoms with Crippen molar-refractivity contribution in [1.82, 2.24) is 20.3 Å². The average molecular weight is 456 g/mol. The maximum Gasteiger partial charge on any atom is 0.161 e. The predicted molar refractivity (Wildman–Crippen MR) is 134 cm³/mol. The fraction of sp³-hybridized carbons (Fsp3) is 0.296. The van der Waals surface area contributed by atoms with Gasteiger partial charge in [-0.25, -0.2) is 15.0 Å². The van der Waals surface area contributed by atoms with Gasteiger partial charge in [-0.15, -0.1) is 0 Å². The first-order valence-electron chi connectivity index (χ1n) is 11.6. The van der Waals surface area contributed by atoms with E-state index < -0.39 is 0 Å². The molecule has 1 N–H and O–H groups in total. The van der Waals surface area contributed by atoms with Crippen LogP contribution in [-0.2, 0) is 6.54 Å². The fourth-order valence-electron chi connectivity index (χ4n) is 4.38. The lowest BCUT2D eigenvalue weighted by Crippen LogP contribution is -2.42. The number of methoxy groups -OCH3 is 2. The summed E-state index contributed by atoms with van der Waals surface area (Å²) in [7, 11) is 3.26. The molecule has 0 aliphatic carbocycles. The SMILES string of the molecule is COc1cc(OC)c2cnc(-c3ccc(N4CCC(NCc5ccccc5)CC4)nc3)nc2c1. The Balaban J connectivity index is 1.24. The van der Waals surface area contributed by atoms with Gasteiger partial charge in [-0.2, -0.15) is 0 Å². The van der Waals surface area contributed by atoms with E-state index in [4.69, 9.17) is 19.4 Å². The Labute approximate surface area is 199 Å². The first-order chi connectivity index (χ1) is 16.7. The highest BCUT2D eigenvalue weighted by molar-refractivity contribution is 5.87. The van der Waals surface area contributed by atoms with Crippen molar-refractivity contribution in [3.05, 3.63) is 72.6 Å². The van der Waals surface area contributed by atoms with Crippen LogP contribution in [0.4, 0.5) is 5.82 Å². The second kappa shape index (κ2) is 10.1. The third-order valence-corrected chi connectivity index (χ3v) is 6.35. The monoisotopic (exact) mass is 455 g/mol. The normalized spacial score (nSPS) is 14.4. The second-order valence-electron chi connectivity index (χ2n) is 8.49. The lowest BCUT2D eigenvalue weighted by atomic mass is 10.0. The van der Waals surface area contributed by atoms with Crippen LogP contribution in [0.5, 0.6) is 11.5 Å². The third-order valence-electron chi connectivity index (χ3n) is 6.35. The first-order valence-corrected chi connectivity index (χ1v) is 11.6. The number of hydrogen-bond acceptors (Lipinski definition) is 7. The highest BCUT2D eigenvalue weighted by Crippen LogP contribution is 2.31. The smallest absolute Gasteiger partial charge is 0.161 e. The maximum atomic E-state index is 5.46. The van der Waals surface area contributed by atoms with Crippen molar-refractivity contribution < 1.29 is 9.47 Å². The molecule has 174 valence electrons. The molecular weight excluding hydrogens is 426 g/mol. The van der Waals surface area contributed by atoms with E-state index in [1.54, 1.807) is 20.4 Å². The van der Waals surface area contributed by atoms with Gasteiger partial charge in [-0.1, -0.05) is 30.3 Å². The Morgan fingerprint density at radius 2 is 1.76 bits per heavy atom. The molecule has 4 aromatic rings. The van der Waals surface area contributed by atoms with Gasteiger partial charge in [-0.3, -0.25) is 0 Å². The molecule has 1 aliphatic heterocycles. The van der Waals surface area contributed by atoms with Gasteiger partial charge < -0.3 is 19.7 Å². The molecule has 5 rings (SSSR count). The molecule has 1 aliphatic rings. The van der Waals surface area contributed by atoms with Crippen molar-refractivity contribution in [2.24, 2.45) is 0 Å². The van der Waals surface area contributed by atoms with E-state index in [1.165, 1.54) is 5.56 Å². The Bertz CT molecular complexity index is 1240. The maximum absolute atomic E-state index is 5.46. The topological polar surface area (TPSA) is 72.4 Å². The summed E-state index contributed by atoms with van der Waals surface area (Å²) in [5, 5.41) is 4.54. The van der Waals surface area contributed by atoms with Crippen LogP contribution in [0.25, 0.3) is 22.3 Å². The lowest BCUT2D eigenvalue weighted by Gasteiger charge is -2.33. The number of anilines is 1. The van der Waals surface area contributed by atoms with Gasteiger partial charge in [0.2, 0.25) is 0 Å². The molecule has 2 aromatic heterocycles. The number of hydrogen-bond donors (Lipinski definition) is 1. The third kappa shape index (κ3) is 4.79. The molecule has 2 aromatic carbocycles. The van der Waals surface area contributed by atoms with Gasteiger partial charge in [-0.05, 0) is 30.5 Å². The van der Waals surface area contributed by atoms with E-state index in [0.29, 0.717) is 23.4 Å². The number of nitrogens with zero attached hydrogens (tertiary/aromatic N) is 4. The van der Waals surface area contributed by atoms with Gasteiger partial charge in [0.1, 0.15) is 17.3 Å². The molecule has 34 heavy (non-hydrogen) atoms. The number of ether oxygens (including phenoxy) is 2. The molecule has 0 radical (unpaired) electrons. The number of rotatable bonds is 7. The van der Waals surface area contributed by atoms with E-state index >= 15 is 0 Å². The summed E-state index contributed by atoms with van der Waals surface area (Å²) in [6, 6.07) is 18.9. The summed E-state index contributed by atoms with van der Waals surface area (Å²) in [4.78, 5) is 16.3.